The lowest BCUT2D eigenvalue weighted by atomic mass is 10.2. The molecule has 0 fully saturated rings. The van der Waals surface area contributed by atoms with E-state index >= 15 is 0 Å². The van der Waals surface area contributed by atoms with Crippen LogP contribution < -0.4 is 5.73 Å². The zero-order valence-electron chi connectivity index (χ0n) is 10.2. The van der Waals surface area contributed by atoms with Crippen molar-refractivity contribution < 1.29 is 0 Å². The molecule has 6 heteroatoms. The summed E-state index contributed by atoms with van der Waals surface area (Å²) in [5.41, 5.74) is 7.69. The predicted octanol–water partition coefficient (Wildman–Crippen LogP) is 0.148. The van der Waals surface area contributed by atoms with Gasteiger partial charge in [-0.05, 0) is 11.6 Å². The molecule has 0 aromatic carbocycles. The molecule has 0 aliphatic carbocycles. The third kappa shape index (κ3) is 2.25. The average molecular weight is 244 g/mol. The minimum atomic E-state index is 0.542. The Bertz CT molecular complexity index is 518. The Morgan fingerprint density at radius 3 is 3.00 bits per heavy atom. The highest BCUT2D eigenvalue weighted by Crippen LogP contribution is 2.12. The third-order valence-corrected chi connectivity index (χ3v) is 3.23. The maximum absolute atomic E-state index is 5.56. The van der Waals surface area contributed by atoms with Crippen LogP contribution in [0.4, 0.5) is 0 Å². The Morgan fingerprint density at radius 1 is 1.28 bits per heavy atom. The van der Waals surface area contributed by atoms with Crippen molar-refractivity contribution in [1.82, 2.24) is 24.6 Å². The first kappa shape index (κ1) is 11.3. The van der Waals surface area contributed by atoms with Crippen LogP contribution in [0.1, 0.15) is 17.1 Å². The first-order valence-electron chi connectivity index (χ1n) is 6.08. The second kappa shape index (κ2) is 4.83. The summed E-state index contributed by atoms with van der Waals surface area (Å²) < 4.78 is 2.10. The SMILES string of the molecule is NCc1ccc(CN2CCn3cnnc3C2)nc1. The molecule has 0 bridgehead atoms. The second-order valence-electron chi connectivity index (χ2n) is 4.51. The van der Waals surface area contributed by atoms with Gasteiger partial charge < -0.3 is 10.3 Å². The summed E-state index contributed by atoms with van der Waals surface area (Å²) in [6, 6.07) is 4.08. The minimum Gasteiger partial charge on any atom is -0.326 e. The summed E-state index contributed by atoms with van der Waals surface area (Å²) in [4.78, 5) is 6.75. The third-order valence-electron chi connectivity index (χ3n) is 3.23. The van der Waals surface area contributed by atoms with Crippen LogP contribution in [0.25, 0.3) is 0 Å². The van der Waals surface area contributed by atoms with Gasteiger partial charge in [0.25, 0.3) is 0 Å². The highest BCUT2D eigenvalue weighted by Gasteiger charge is 2.17. The van der Waals surface area contributed by atoms with E-state index in [9.17, 15) is 0 Å². The molecule has 0 atom stereocenters. The molecule has 2 N–H and O–H groups in total. The molecule has 3 heterocycles. The maximum Gasteiger partial charge on any atom is 0.147 e. The lowest BCUT2D eigenvalue weighted by Crippen LogP contribution is -2.33. The molecule has 0 unspecified atom stereocenters. The predicted molar refractivity (Wildman–Crippen MR) is 66.3 cm³/mol. The molecular formula is C12H16N6. The van der Waals surface area contributed by atoms with Crippen molar-refractivity contribution in [1.29, 1.82) is 0 Å². The average Bonchev–Trinajstić information content (AvgIpc) is 2.87. The van der Waals surface area contributed by atoms with Gasteiger partial charge in [-0.3, -0.25) is 9.88 Å². The van der Waals surface area contributed by atoms with E-state index in [0.717, 1.165) is 43.3 Å². The Kier molecular flexibility index (Phi) is 3.04. The fraction of sp³-hybridized carbons (Fsp3) is 0.417. The van der Waals surface area contributed by atoms with Gasteiger partial charge in [0.1, 0.15) is 12.2 Å². The molecule has 0 amide bonds. The molecule has 0 spiro atoms. The van der Waals surface area contributed by atoms with Crippen molar-refractivity contribution in [3.63, 3.8) is 0 Å². The first-order chi connectivity index (χ1) is 8.85. The number of pyridine rings is 1. The molecule has 0 saturated heterocycles. The zero-order chi connectivity index (χ0) is 12.4. The Labute approximate surface area is 105 Å². The van der Waals surface area contributed by atoms with Crippen LogP contribution in [0, 0.1) is 0 Å². The van der Waals surface area contributed by atoms with Crippen LogP contribution in [0.5, 0.6) is 0 Å². The van der Waals surface area contributed by atoms with E-state index in [1.807, 2.05) is 18.3 Å². The quantitative estimate of drug-likeness (QED) is 0.832. The summed E-state index contributed by atoms with van der Waals surface area (Å²) in [6.45, 7) is 4.17. The highest BCUT2D eigenvalue weighted by molar-refractivity contribution is 5.13. The van der Waals surface area contributed by atoms with Gasteiger partial charge in [-0.1, -0.05) is 6.07 Å². The molecule has 2 aromatic heterocycles. The van der Waals surface area contributed by atoms with Crippen molar-refractivity contribution in [2.75, 3.05) is 6.54 Å². The van der Waals surface area contributed by atoms with Crippen molar-refractivity contribution >= 4 is 0 Å². The molecule has 3 rings (SSSR count). The number of rotatable bonds is 3. The number of nitrogens with two attached hydrogens (primary N) is 1. The fourth-order valence-electron chi connectivity index (χ4n) is 2.15. The first-order valence-corrected chi connectivity index (χ1v) is 6.08. The topological polar surface area (TPSA) is 72.9 Å². The van der Waals surface area contributed by atoms with Crippen molar-refractivity contribution in [2.24, 2.45) is 5.73 Å². The van der Waals surface area contributed by atoms with Crippen molar-refractivity contribution in [3.8, 4) is 0 Å². The minimum absolute atomic E-state index is 0.542. The monoisotopic (exact) mass is 244 g/mol. The van der Waals surface area contributed by atoms with Crippen LogP contribution in [-0.4, -0.2) is 31.2 Å². The van der Waals surface area contributed by atoms with Crippen molar-refractivity contribution in [3.05, 3.63) is 41.7 Å². The van der Waals surface area contributed by atoms with Gasteiger partial charge in [-0.2, -0.15) is 0 Å². The van der Waals surface area contributed by atoms with Gasteiger partial charge in [0.15, 0.2) is 0 Å². The van der Waals surface area contributed by atoms with Gasteiger partial charge in [-0.15, -0.1) is 10.2 Å². The summed E-state index contributed by atoms with van der Waals surface area (Å²) in [5, 5.41) is 8.04. The van der Waals surface area contributed by atoms with Gasteiger partial charge >= 0.3 is 0 Å². The standard InChI is InChI=1S/C12H16N6/c13-5-10-1-2-11(14-6-10)7-17-3-4-18-9-15-16-12(18)8-17/h1-2,6,9H,3-5,7-8,13H2. The normalized spacial score (nSPS) is 15.6. The van der Waals surface area contributed by atoms with E-state index in [1.54, 1.807) is 6.33 Å². The zero-order valence-corrected chi connectivity index (χ0v) is 10.2. The van der Waals surface area contributed by atoms with Gasteiger partial charge in [0, 0.05) is 32.4 Å². The van der Waals surface area contributed by atoms with Crippen LogP contribution in [0.2, 0.25) is 0 Å². The summed E-state index contributed by atoms with van der Waals surface area (Å²) in [5.74, 6) is 1.03. The molecule has 1 aliphatic rings. The molecule has 0 radical (unpaired) electrons. The smallest absolute Gasteiger partial charge is 0.147 e. The van der Waals surface area contributed by atoms with E-state index in [0.29, 0.717) is 6.54 Å². The molecule has 18 heavy (non-hydrogen) atoms. The summed E-state index contributed by atoms with van der Waals surface area (Å²) in [7, 11) is 0. The molecule has 0 saturated carbocycles. The lowest BCUT2D eigenvalue weighted by Gasteiger charge is -2.26. The van der Waals surface area contributed by atoms with Crippen LogP contribution in [0.15, 0.2) is 24.7 Å². The molecule has 94 valence electrons. The molecular weight excluding hydrogens is 228 g/mol. The van der Waals surface area contributed by atoms with E-state index in [2.05, 4.69) is 24.6 Å². The van der Waals surface area contributed by atoms with E-state index in [1.165, 1.54) is 0 Å². The second-order valence-corrected chi connectivity index (χ2v) is 4.51. The van der Waals surface area contributed by atoms with Gasteiger partial charge in [-0.25, -0.2) is 0 Å². The maximum atomic E-state index is 5.56. The van der Waals surface area contributed by atoms with Gasteiger partial charge in [0.05, 0.1) is 12.2 Å². The summed E-state index contributed by atoms with van der Waals surface area (Å²) in [6.07, 6.45) is 3.64. The van der Waals surface area contributed by atoms with Crippen LogP contribution in [-0.2, 0) is 26.2 Å². The number of nitrogens with zero attached hydrogens (tertiary/aromatic N) is 5. The number of fused-ring (bicyclic) bond motifs is 1. The van der Waals surface area contributed by atoms with E-state index in [-0.39, 0.29) is 0 Å². The van der Waals surface area contributed by atoms with Crippen molar-refractivity contribution in [2.45, 2.75) is 26.2 Å². The Balaban J connectivity index is 1.67. The fourth-order valence-corrected chi connectivity index (χ4v) is 2.15. The van der Waals surface area contributed by atoms with Crippen LogP contribution >= 0.6 is 0 Å². The summed E-state index contributed by atoms with van der Waals surface area (Å²) >= 11 is 0. The highest BCUT2D eigenvalue weighted by atomic mass is 15.3. The number of hydrogen-bond donors (Lipinski definition) is 1. The molecule has 6 nitrogen and oxygen atoms in total. The van der Waals surface area contributed by atoms with Crippen LogP contribution in [0.3, 0.4) is 0 Å². The largest absolute Gasteiger partial charge is 0.326 e. The van der Waals surface area contributed by atoms with E-state index in [4.69, 9.17) is 5.73 Å². The number of hydrogen-bond acceptors (Lipinski definition) is 5. The van der Waals surface area contributed by atoms with Gasteiger partial charge in [0.2, 0.25) is 0 Å². The number of aromatic nitrogens is 4. The Morgan fingerprint density at radius 2 is 2.22 bits per heavy atom. The van der Waals surface area contributed by atoms with E-state index < -0.39 is 0 Å². The molecule has 1 aliphatic heterocycles. The Hall–Kier alpha value is -1.79. The lowest BCUT2D eigenvalue weighted by molar-refractivity contribution is 0.206. The molecule has 2 aromatic rings.